The van der Waals surface area contributed by atoms with Gasteiger partial charge < -0.3 is 10.2 Å². The summed E-state index contributed by atoms with van der Waals surface area (Å²) < 4.78 is 0. The van der Waals surface area contributed by atoms with Crippen molar-refractivity contribution in [3.8, 4) is 0 Å². The molecule has 31 heavy (non-hydrogen) atoms. The molecule has 1 N–H and O–H groups in total. The largest absolute Gasteiger partial charge is 0.304 e. The van der Waals surface area contributed by atoms with Crippen LogP contribution in [-0.2, 0) is 25.8 Å². The molecule has 4 rings (SSSR count). The molecule has 0 aromatic heterocycles. The number of aryl methyl sites for hydroxylation is 1. The summed E-state index contributed by atoms with van der Waals surface area (Å²) in [6.45, 7) is 6.89. The smallest absolute Gasteiger partial charge is 0.271 e. The second-order valence-corrected chi connectivity index (χ2v) is 9.14. The minimum Gasteiger partial charge on any atom is -0.304 e. The maximum absolute atomic E-state index is 14.0. The topological polar surface area (TPSA) is 82.1 Å². The number of hydrogen-bond donors (Lipinski definition) is 1. The first-order valence-corrected chi connectivity index (χ1v) is 10.9. The first kappa shape index (κ1) is 21.4. The van der Waals surface area contributed by atoms with E-state index in [1.807, 2.05) is 44.2 Å². The lowest BCUT2D eigenvalue weighted by Gasteiger charge is -2.29. The van der Waals surface area contributed by atoms with Gasteiger partial charge in [0.15, 0.2) is 5.17 Å². The maximum Gasteiger partial charge on any atom is 0.271 e. The van der Waals surface area contributed by atoms with Gasteiger partial charge in [-0.3, -0.25) is 14.4 Å². The third-order valence-corrected chi connectivity index (χ3v) is 7.08. The van der Waals surface area contributed by atoms with Crippen molar-refractivity contribution in [3.63, 3.8) is 0 Å². The highest BCUT2D eigenvalue weighted by atomic mass is 35.5. The van der Waals surface area contributed by atoms with Crippen LogP contribution in [0.15, 0.2) is 41.5 Å². The van der Waals surface area contributed by atoms with E-state index < -0.39 is 10.8 Å². The van der Waals surface area contributed by atoms with Crippen LogP contribution in [0.4, 0.5) is 5.69 Å². The van der Waals surface area contributed by atoms with E-state index in [4.69, 9.17) is 11.6 Å². The Balaban J connectivity index is 1.89. The molecule has 2 aromatic rings. The molecule has 0 radical (unpaired) electrons. The number of nitrogens with one attached hydrogen (secondary N) is 1. The lowest BCUT2D eigenvalue weighted by molar-refractivity contribution is -0.139. The molecule has 2 aliphatic rings. The number of amides is 3. The van der Waals surface area contributed by atoms with Gasteiger partial charge in [-0.2, -0.15) is 5.01 Å². The van der Waals surface area contributed by atoms with E-state index in [0.717, 1.165) is 34.1 Å². The molecule has 1 unspecified atom stereocenters. The van der Waals surface area contributed by atoms with Crippen molar-refractivity contribution in [2.75, 3.05) is 4.90 Å². The van der Waals surface area contributed by atoms with Crippen molar-refractivity contribution in [3.05, 3.63) is 63.7 Å². The fraction of sp³-hybridized carbons (Fsp3) is 0.273. The average molecular weight is 457 g/mol. The van der Waals surface area contributed by atoms with Gasteiger partial charge in [-0.25, -0.2) is 0 Å². The summed E-state index contributed by atoms with van der Waals surface area (Å²) in [5.74, 6) is -1.03. The highest BCUT2D eigenvalue weighted by Gasteiger charge is 2.61. The minimum atomic E-state index is -1.42. The zero-order chi connectivity index (χ0) is 22.5. The SMILES string of the molecule is CC(=O)NC1=NN(C(C)=O)C2(S1)C(=O)N(Cc1ccccc1Cl)c1c2ccc(C)c1C. The fourth-order valence-corrected chi connectivity index (χ4v) is 5.45. The summed E-state index contributed by atoms with van der Waals surface area (Å²) in [5.41, 5.74) is 4.15. The summed E-state index contributed by atoms with van der Waals surface area (Å²) >= 11 is 7.45. The molecule has 9 heteroatoms. The molecule has 3 amide bonds. The van der Waals surface area contributed by atoms with Gasteiger partial charge in [-0.15, -0.1) is 5.10 Å². The Labute approximate surface area is 189 Å². The number of thioether (sulfide) groups is 1. The quantitative estimate of drug-likeness (QED) is 0.747. The van der Waals surface area contributed by atoms with Crippen molar-refractivity contribution < 1.29 is 14.4 Å². The van der Waals surface area contributed by atoms with Gasteiger partial charge >= 0.3 is 0 Å². The van der Waals surface area contributed by atoms with Crippen LogP contribution >= 0.6 is 23.4 Å². The van der Waals surface area contributed by atoms with E-state index in [-0.39, 0.29) is 23.5 Å². The summed E-state index contributed by atoms with van der Waals surface area (Å²) in [6, 6.07) is 11.1. The molecule has 1 atom stereocenters. The van der Waals surface area contributed by atoms with Crippen LogP contribution in [0.1, 0.15) is 36.1 Å². The third kappa shape index (κ3) is 3.30. The molecule has 0 fully saturated rings. The van der Waals surface area contributed by atoms with Gasteiger partial charge in [0, 0.05) is 24.4 Å². The number of nitrogens with zero attached hydrogens (tertiary/aromatic N) is 3. The molecule has 0 bridgehead atoms. The van der Waals surface area contributed by atoms with Crippen LogP contribution in [0.5, 0.6) is 0 Å². The molecule has 0 saturated heterocycles. The minimum absolute atomic E-state index is 0.208. The van der Waals surface area contributed by atoms with Crippen LogP contribution in [-0.4, -0.2) is 27.9 Å². The normalized spacial score (nSPS) is 19.6. The second kappa shape index (κ2) is 7.69. The van der Waals surface area contributed by atoms with Crippen LogP contribution in [0.3, 0.4) is 0 Å². The Morgan fingerprint density at radius 2 is 1.87 bits per heavy atom. The van der Waals surface area contributed by atoms with E-state index in [0.29, 0.717) is 10.6 Å². The summed E-state index contributed by atoms with van der Waals surface area (Å²) in [4.78, 5) is 38.4. The number of halogens is 1. The molecule has 0 aliphatic carbocycles. The van der Waals surface area contributed by atoms with Gasteiger partial charge in [0.25, 0.3) is 5.91 Å². The average Bonchev–Trinajstić information content (AvgIpc) is 3.18. The van der Waals surface area contributed by atoms with Gasteiger partial charge in [-0.05, 0) is 48.4 Å². The van der Waals surface area contributed by atoms with E-state index in [2.05, 4.69) is 10.4 Å². The van der Waals surface area contributed by atoms with Crippen molar-refractivity contribution in [2.45, 2.75) is 39.1 Å². The van der Waals surface area contributed by atoms with Gasteiger partial charge in [0.05, 0.1) is 12.2 Å². The fourth-order valence-electron chi connectivity index (χ4n) is 3.93. The number of rotatable bonds is 2. The summed E-state index contributed by atoms with van der Waals surface area (Å²) in [5, 5.41) is 8.83. The van der Waals surface area contributed by atoms with Gasteiger partial charge in [0.1, 0.15) is 0 Å². The van der Waals surface area contributed by atoms with Crippen LogP contribution in [0.2, 0.25) is 5.02 Å². The van der Waals surface area contributed by atoms with Gasteiger partial charge in [-0.1, -0.05) is 41.9 Å². The Morgan fingerprint density at radius 3 is 2.52 bits per heavy atom. The van der Waals surface area contributed by atoms with Crippen molar-refractivity contribution in [1.82, 2.24) is 10.3 Å². The Morgan fingerprint density at radius 1 is 1.16 bits per heavy atom. The lowest BCUT2D eigenvalue weighted by Crippen LogP contribution is -2.48. The van der Waals surface area contributed by atoms with Gasteiger partial charge in [0.2, 0.25) is 16.7 Å². The predicted octanol–water partition coefficient (Wildman–Crippen LogP) is 3.66. The number of anilines is 1. The number of hydrogen-bond acceptors (Lipinski definition) is 5. The summed E-state index contributed by atoms with van der Waals surface area (Å²) in [7, 11) is 0. The zero-order valence-corrected chi connectivity index (χ0v) is 19.1. The van der Waals surface area contributed by atoms with Crippen molar-refractivity contribution in [1.29, 1.82) is 0 Å². The number of hydrazone groups is 1. The highest BCUT2D eigenvalue weighted by Crippen LogP contribution is 2.56. The third-order valence-electron chi connectivity index (χ3n) is 5.47. The standard InChI is InChI=1S/C22H21ClN4O3S/c1-12-9-10-17-19(13(12)2)26(11-16-7-5-6-8-18(16)23)20(30)22(17)27(15(4)29)25-21(31-22)24-14(3)28/h5-10H,11H2,1-4H3,(H,24,25,28). The molecule has 2 heterocycles. The summed E-state index contributed by atoms with van der Waals surface area (Å²) in [6.07, 6.45) is 0. The Hall–Kier alpha value is -2.84. The van der Waals surface area contributed by atoms with E-state index in [1.165, 1.54) is 18.9 Å². The molecular weight excluding hydrogens is 436 g/mol. The monoisotopic (exact) mass is 456 g/mol. The van der Waals surface area contributed by atoms with E-state index in [9.17, 15) is 14.4 Å². The lowest BCUT2D eigenvalue weighted by atomic mass is 10.00. The number of benzene rings is 2. The highest BCUT2D eigenvalue weighted by molar-refractivity contribution is 8.15. The first-order chi connectivity index (χ1) is 14.7. The van der Waals surface area contributed by atoms with Crippen molar-refractivity contribution >= 4 is 51.9 Å². The van der Waals surface area contributed by atoms with Crippen LogP contribution in [0, 0.1) is 13.8 Å². The molecule has 7 nitrogen and oxygen atoms in total. The predicted molar refractivity (Wildman–Crippen MR) is 122 cm³/mol. The second-order valence-electron chi connectivity index (χ2n) is 7.55. The Bertz CT molecular complexity index is 1170. The van der Waals surface area contributed by atoms with Crippen molar-refractivity contribution in [2.24, 2.45) is 5.10 Å². The number of carbonyl (C=O) groups excluding carboxylic acids is 3. The van der Waals surface area contributed by atoms with Crippen LogP contribution in [0.25, 0.3) is 0 Å². The number of fused-ring (bicyclic) bond motifs is 2. The number of carbonyl (C=O) groups is 3. The first-order valence-electron chi connectivity index (χ1n) is 9.69. The number of amidine groups is 1. The molecular formula is C22H21ClN4O3S. The zero-order valence-electron chi connectivity index (χ0n) is 17.5. The molecule has 2 aliphatic heterocycles. The molecule has 0 saturated carbocycles. The van der Waals surface area contributed by atoms with E-state index >= 15 is 0 Å². The molecule has 160 valence electrons. The van der Waals surface area contributed by atoms with E-state index in [1.54, 1.807) is 11.0 Å². The maximum atomic E-state index is 14.0. The molecule has 1 spiro atoms. The van der Waals surface area contributed by atoms with Crippen LogP contribution < -0.4 is 10.2 Å². The Kier molecular flexibility index (Phi) is 5.31. The molecule has 2 aromatic carbocycles.